The van der Waals surface area contributed by atoms with Crippen LogP contribution in [0.1, 0.15) is 47.0 Å². The Hall–Kier alpha value is -3.16. The van der Waals surface area contributed by atoms with Crippen molar-refractivity contribution in [2.24, 2.45) is 0 Å². The molecule has 6 nitrogen and oxygen atoms in total. The summed E-state index contributed by atoms with van der Waals surface area (Å²) in [5.74, 6) is 0.627. The zero-order chi connectivity index (χ0) is 25.3. The molecule has 0 saturated carbocycles. The lowest BCUT2D eigenvalue weighted by atomic mass is 9.94. The van der Waals surface area contributed by atoms with E-state index in [9.17, 15) is 0 Å². The topological polar surface area (TPSA) is 66.4 Å². The van der Waals surface area contributed by atoms with Gasteiger partial charge in [0.25, 0.3) is 0 Å². The Morgan fingerprint density at radius 1 is 0.865 bits per heavy atom. The van der Waals surface area contributed by atoms with Gasteiger partial charge in [0.15, 0.2) is 5.82 Å². The molecule has 0 radical (unpaired) electrons. The van der Waals surface area contributed by atoms with Crippen LogP contribution in [0.15, 0.2) is 91.3 Å². The molecule has 5 rings (SSSR count). The van der Waals surface area contributed by atoms with Gasteiger partial charge in [0.05, 0.1) is 44.3 Å². The Bertz CT molecular complexity index is 1240. The van der Waals surface area contributed by atoms with Crippen molar-refractivity contribution < 1.29 is 14.2 Å². The van der Waals surface area contributed by atoms with Crippen LogP contribution in [0.4, 0.5) is 0 Å². The summed E-state index contributed by atoms with van der Waals surface area (Å²) >= 11 is 6.53. The van der Waals surface area contributed by atoms with Crippen molar-refractivity contribution in [1.29, 1.82) is 0 Å². The molecule has 0 spiro atoms. The average molecular weight is 516 g/mol. The lowest BCUT2D eigenvalue weighted by molar-refractivity contribution is -0.142. The number of benzene rings is 3. The van der Waals surface area contributed by atoms with Crippen molar-refractivity contribution in [2.75, 3.05) is 6.61 Å². The van der Waals surface area contributed by atoms with Crippen LogP contribution in [0, 0.1) is 0 Å². The minimum absolute atomic E-state index is 0.0464. The molecule has 2 heterocycles. The molecule has 3 atom stereocenters. The van der Waals surface area contributed by atoms with Gasteiger partial charge in [0.2, 0.25) is 0 Å². The summed E-state index contributed by atoms with van der Waals surface area (Å²) < 4.78 is 19.0. The normalized spacial score (nSPS) is 19.5. The van der Waals surface area contributed by atoms with E-state index in [-0.39, 0.29) is 18.3 Å². The summed E-state index contributed by atoms with van der Waals surface area (Å²) in [5, 5.41) is 8.71. The molecule has 1 aliphatic rings. The molecule has 3 aromatic carbocycles. The summed E-state index contributed by atoms with van der Waals surface area (Å²) in [6.45, 7) is 1.62. The van der Waals surface area contributed by atoms with Gasteiger partial charge >= 0.3 is 0 Å². The highest BCUT2D eigenvalue weighted by atomic mass is 35.5. The second-order valence-corrected chi connectivity index (χ2v) is 9.63. The summed E-state index contributed by atoms with van der Waals surface area (Å²) in [4.78, 5) is 4.29. The Labute approximate surface area is 222 Å². The minimum atomic E-state index is -0.134. The highest BCUT2D eigenvalue weighted by Gasteiger charge is 2.31. The Morgan fingerprint density at radius 2 is 1.62 bits per heavy atom. The maximum Gasteiger partial charge on any atom is 0.155 e. The van der Waals surface area contributed by atoms with Gasteiger partial charge < -0.3 is 14.2 Å². The molecular weight excluding hydrogens is 486 g/mol. The minimum Gasteiger partial charge on any atom is -0.374 e. The van der Waals surface area contributed by atoms with Gasteiger partial charge in [-0.25, -0.2) is 4.98 Å². The first-order valence-electron chi connectivity index (χ1n) is 12.6. The number of aromatic nitrogens is 3. The molecular formula is C30H30ClN3O3. The van der Waals surface area contributed by atoms with E-state index in [2.05, 4.69) is 45.5 Å². The average Bonchev–Trinajstić information content (AvgIpc) is 2.95. The Balaban J connectivity index is 1.29. The number of halogens is 1. The van der Waals surface area contributed by atoms with Crippen molar-refractivity contribution in [3.63, 3.8) is 0 Å². The zero-order valence-electron chi connectivity index (χ0n) is 20.6. The van der Waals surface area contributed by atoms with Crippen LogP contribution >= 0.6 is 11.6 Å². The first kappa shape index (κ1) is 25.5. The van der Waals surface area contributed by atoms with Crippen LogP contribution in [0.25, 0.3) is 0 Å². The van der Waals surface area contributed by atoms with Crippen molar-refractivity contribution in [3.05, 3.63) is 124 Å². The van der Waals surface area contributed by atoms with Gasteiger partial charge in [-0.05, 0) is 28.3 Å². The summed E-state index contributed by atoms with van der Waals surface area (Å²) in [5.41, 5.74) is 4.31. The van der Waals surface area contributed by atoms with E-state index in [0.717, 1.165) is 35.1 Å². The molecule has 3 unspecified atom stereocenters. The fraction of sp³-hybridized carbons (Fsp3) is 0.300. The number of hydrogen-bond acceptors (Lipinski definition) is 6. The molecule has 190 valence electrons. The van der Waals surface area contributed by atoms with E-state index < -0.39 is 0 Å². The quantitative estimate of drug-likeness (QED) is 0.253. The molecule has 7 heteroatoms. The predicted molar refractivity (Wildman–Crippen MR) is 142 cm³/mol. The predicted octanol–water partition coefficient (Wildman–Crippen LogP) is 6.14. The third-order valence-corrected chi connectivity index (χ3v) is 6.79. The molecule has 1 aliphatic heterocycles. The molecule has 4 aromatic rings. The van der Waals surface area contributed by atoms with E-state index in [1.807, 2.05) is 48.5 Å². The molecule has 0 amide bonds. The third-order valence-electron chi connectivity index (χ3n) is 6.42. The molecule has 0 N–H and O–H groups in total. The van der Waals surface area contributed by atoms with E-state index in [4.69, 9.17) is 25.8 Å². The Kier molecular flexibility index (Phi) is 8.87. The van der Waals surface area contributed by atoms with Crippen LogP contribution in [-0.4, -0.2) is 34.0 Å². The number of hydrogen-bond donors (Lipinski definition) is 0. The van der Waals surface area contributed by atoms with Gasteiger partial charge in [-0.15, -0.1) is 5.10 Å². The number of ether oxygens (including phenoxy) is 3. The first-order valence-corrected chi connectivity index (χ1v) is 12.9. The highest BCUT2D eigenvalue weighted by Crippen LogP contribution is 2.35. The summed E-state index contributed by atoms with van der Waals surface area (Å²) in [7, 11) is 0. The highest BCUT2D eigenvalue weighted by molar-refractivity contribution is 6.31. The molecule has 1 aromatic heterocycles. The van der Waals surface area contributed by atoms with Crippen molar-refractivity contribution in [2.45, 2.75) is 50.8 Å². The van der Waals surface area contributed by atoms with Crippen LogP contribution in [0.5, 0.6) is 0 Å². The lowest BCUT2D eigenvalue weighted by Crippen LogP contribution is -2.35. The van der Waals surface area contributed by atoms with Crippen molar-refractivity contribution in [1.82, 2.24) is 15.2 Å². The fourth-order valence-electron chi connectivity index (χ4n) is 4.56. The monoisotopic (exact) mass is 515 g/mol. The Morgan fingerprint density at radius 3 is 2.35 bits per heavy atom. The first-order chi connectivity index (χ1) is 18.2. The SMILES string of the molecule is Clc1ccc(C2CC(OCc3ccccc3)CC(COCc3ccccc3)O2)cc1Cc1nccnn1. The van der Waals surface area contributed by atoms with Gasteiger partial charge in [-0.3, -0.25) is 0 Å². The lowest BCUT2D eigenvalue weighted by Gasteiger charge is -2.36. The van der Waals surface area contributed by atoms with Crippen molar-refractivity contribution >= 4 is 11.6 Å². The van der Waals surface area contributed by atoms with Gasteiger partial charge in [0.1, 0.15) is 0 Å². The van der Waals surface area contributed by atoms with Crippen molar-refractivity contribution in [3.8, 4) is 0 Å². The van der Waals surface area contributed by atoms with E-state index in [1.54, 1.807) is 12.4 Å². The standard InChI is InChI=1S/C30H30ClN3O3/c31-28-12-11-24(15-25(28)16-30-32-13-14-33-34-30)29-18-26(36-20-23-9-5-2-6-10-23)17-27(37-29)21-35-19-22-7-3-1-4-8-22/h1-15,26-27,29H,16-21H2. The maximum atomic E-state index is 6.55. The number of nitrogens with zero attached hydrogens (tertiary/aromatic N) is 3. The fourth-order valence-corrected chi connectivity index (χ4v) is 4.74. The largest absolute Gasteiger partial charge is 0.374 e. The molecule has 37 heavy (non-hydrogen) atoms. The van der Waals surface area contributed by atoms with Gasteiger partial charge in [-0.1, -0.05) is 84.4 Å². The number of rotatable bonds is 10. The molecule has 0 bridgehead atoms. The van der Waals surface area contributed by atoms with E-state index >= 15 is 0 Å². The van der Waals surface area contributed by atoms with Crippen LogP contribution < -0.4 is 0 Å². The maximum absolute atomic E-state index is 6.55. The summed E-state index contributed by atoms with van der Waals surface area (Å²) in [6, 6.07) is 26.5. The summed E-state index contributed by atoms with van der Waals surface area (Å²) in [6.07, 6.45) is 5.07. The van der Waals surface area contributed by atoms with Gasteiger partial charge in [0, 0.05) is 30.5 Å². The third kappa shape index (κ3) is 7.43. The van der Waals surface area contributed by atoms with Crippen LogP contribution in [-0.2, 0) is 33.8 Å². The van der Waals surface area contributed by atoms with E-state index in [0.29, 0.717) is 37.1 Å². The van der Waals surface area contributed by atoms with Crippen LogP contribution in [0.3, 0.4) is 0 Å². The molecule has 1 fully saturated rings. The second kappa shape index (κ2) is 12.9. The molecule has 1 saturated heterocycles. The van der Waals surface area contributed by atoms with Gasteiger partial charge in [-0.2, -0.15) is 5.10 Å². The van der Waals surface area contributed by atoms with E-state index in [1.165, 1.54) is 0 Å². The smallest absolute Gasteiger partial charge is 0.155 e. The zero-order valence-corrected chi connectivity index (χ0v) is 21.3. The van der Waals surface area contributed by atoms with Crippen LogP contribution in [0.2, 0.25) is 5.02 Å². The molecule has 0 aliphatic carbocycles. The second-order valence-electron chi connectivity index (χ2n) is 9.22.